The van der Waals surface area contributed by atoms with E-state index in [0.29, 0.717) is 17.7 Å². The molecular formula is C10H16N2O. The average molecular weight is 180 g/mol. The summed E-state index contributed by atoms with van der Waals surface area (Å²) in [6.07, 6.45) is 3.44. The van der Waals surface area contributed by atoms with Crippen LogP contribution in [-0.2, 0) is 0 Å². The number of nitrogens with zero attached hydrogens (tertiary/aromatic N) is 2. The molecule has 1 aromatic rings. The zero-order valence-corrected chi connectivity index (χ0v) is 8.61. The Bertz CT molecular complexity index is 256. The van der Waals surface area contributed by atoms with Gasteiger partial charge in [-0.3, -0.25) is 4.98 Å². The molecule has 0 radical (unpaired) electrons. The van der Waals surface area contributed by atoms with Crippen LogP contribution in [0.5, 0.6) is 5.88 Å². The summed E-state index contributed by atoms with van der Waals surface area (Å²) in [7, 11) is 1.59. The summed E-state index contributed by atoms with van der Waals surface area (Å²) < 4.78 is 4.94. The van der Waals surface area contributed by atoms with Crippen molar-refractivity contribution in [3.8, 4) is 5.88 Å². The Labute approximate surface area is 79.2 Å². The number of hydrogen-bond donors (Lipinski definition) is 0. The molecule has 3 nitrogen and oxygen atoms in total. The lowest BCUT2D eigenvalue weighted by Crippen LogP contribution is -2.05. The molecule has 0 aromatic carbocycles. The van der Waals surface area contributed by atoms with E-state index in [9.17, 15) is 0 Å². The lowest BCUT2D eigenvalue weighted by atomic mass is 9.95. The first kappa shape index (κ1) is 9.96. The molecule has 0 aliphatic heterocycles. The van der Waals surface area contributed by atoms with Crippen LogP contribution in [0.3, 0.4) is 0 Å². The van der Waals surface area contributed by atoms with Crippen molar-refractivity contribution >= 4 is 0 Å². The molecule has 13 heavy (non-hydrogen) atoms. The smallest absolute Gasteiger partial charge is 0.231 e. The van der Waals surface area contributed by atoms with Crippen molar-refractivity contribution in [1.82, 2.24) is 9.97 Å². The highest BCUT2D eigenvalue weighted by Gasteiger charge is 2.11. The van der Waals surface area contributed by atoms with Gasteiger partial charge in [-0.1, -0.05) is 20.8 Å². The highest BCUT2D eigenvalue weighted by atomic mass is 16.5. The Hall–Kier alpha value is -1.12. The zero-order chi connectivity index (χ0) is 9.84. The monoisotopic (exact) mass is 180 g/mol. The minimum atomic E-state index is 0.443. The molecule has 3 heteroatoms. The lowest BCUT2D eigenvalue weighted by molar-refractivity contribution is 0.393. The van der Waals surface area contributed by atoms with Crippen molar-refractivity contribution in [3.05, 3.63) is 18.1 Å². The van der Waals surface area contributed by atoms with E-state index in [1.165, 1.54) is 0 Å². The Morgan fingerprint density at radius 2 is 1.85 bits per heavy atom. The summed E-state index contributed by atoms with van der Waals surface area (Å²) in [5.74, 6) is 1.60. The van der Waals surface area contributed by atoms with Crippen molar-refractivity contribution in [2.75, 3.05) is 7.11 Å². The van der Waals surface area contributed by atoms with Crippen molar-refractivity contribution < 1.29 is 4.74 Å². The van der Waals surface area contributed by atoms with Gasteiger partial charge in [-0.05, 0) is 5.92 Å². The summed E-state index contributed by atoms with van der Waals surface area (Å²) in [5, 5.41) is 0. The van der Waals surface area contributed by atoms with Crippen LogP contribution in [0.25, 0.3) is 0 Å². The molecule has 0 N–H and O–H groups in total. The van der Waals surface area contributed by atoms with Crippen molar-refractivity contribution in [2.24, 2.45) is 5.92 Å². The number of hydrogen-bond acceptors (Lipinski definition) is 3. The van der Waals surface area contributed by atoms with E-state index >= 15 is 0 Å². The van der Waals surface area contributed by atoms with Crippen LogP contribution in [0.2, 0.25) is 0 Å². The van der Waals surface area contributed by atoms with Crippen molar-refractivity contribution in [2.45, 2.75) is 26.7 Å². The fraction of sp³-hybridized carbons (Fsp3) is 0.600. The molecule has 0 saturated carbocycles. The second kappa shape index (κ2) is 4.21. The maximum Gasteiger partial charge on any atom is 0.231 e. The largest absolute Gasteiger partial charge is 0.480 e. The Morgan fingerprint density at radius 3 is 2.23 bits per heavy atom. The van der Waals surface area contributed by atoms with Gasteiger partial charge in [0.25, 0.3) is 0 Å². The van der Waals surface area contributed by atoms with Crippen LogP contribution in [0, 0.1) is 5.92 Å². The second-order valence-corrected chi connectivity index (χ2v) is 3.52. The Morgan fingerprint density at radius 1 is 1.15 bits per heavy atom. The molecule has 0 fully saturated rings. The number of methoxy groups -OCH3 is 1. The van der Waals surface area contributed by atoms with Gasteiger partial charge in [0.2, 0.25) is 5.88 Å². The van der Waals surface area contributed by atoms with Gasteiger partial charge in [-0.2, -0.15) is 0 Å². The third kappa shape index (κ3) is 2.41. The van der Waals surface area contributed by atoms with Gasteiger partial charge in [0.1, 0.15) is 0 Å². The van der Waals surface area contributed by atoms with Crippen molar-refractivity contribution in [1.29, 1.82) is 0 Å². The van der Waals surface area contributed by atoms with E-state index < -0.39 is 0 Å². The third-order valence-corrected chi connectivity index (χ3v) is 2.32. The molecule has 1 rings (SSSR count). The summed E-state index contributed by atoms with van der Waals surface area (Å²) in [6.45, 7) is 6.51. The third-order valence-electron chi connectivity index (χ3n) is 2.32. The zero-order valence-electron chi connectivity index (χ0n) is 8.61. The van der Waals surface area contributed by atoms with Crippen molar-refractivity contribution in [3.63, 3.8) is 0 Å². The van der Waals surface area contributed by atoms with E-state index in [4.69, 9.17) is 4.74 Å². The minimum Gasteiger partial charge on any atom is -0.480 e. The molecule has 1 unspecified atom stereocenters. The molecular weight excluding hydrogens is 164 g/mol. The molecule has 72 valence electrons. The van der Waals surface area contributed by atoms with Gasteiger partial charge in [0, 0.05) is 5.92 Å². The van der Waals surface area contributed by atoms with E-state index in [1.54, 1.807) is 19.5 Å². The summed E-state index contributed by atoms with van der Waals surface area (Å²) >= 11 is 0. The van der Waals surface area contributed by atoms with Crippen LogP contribution in [-0.4, -0.2) is 17.1 Å². The van der Waals surface area contributed by atoms with Gasteiger partial charge in [-0.15, -0.1) is 0 Å². The maximum absolute atomic E-state index is 4.94. The van der Waals surface area contributed by atoms with Gasteiger partial charge in [0.05, 0.1) is 25.2 Å². The predicted molar refractivity (Wildman–Crippen MR) is 51.8 cm³/mol. The predicted octanol–water partition coefficient (Wildman–Crippen LogP) is 2.24. The van der Waals surface area contributed by atoms with E-state index in [0.717, 1.165) is 5.69 Å². The molecule has 1 heterocycles. The van der Waals surface area contributed by atoms with Crippen LogP contribution in [0.1, 0.15) is 32.4 Å². The van der Waals surface area contributed by atoms with Gasteiger partial charge < -0.3 is 4.74 Å². The molecule has 1 atom stereocenters. The minimum absolute atomic E-state index is 0.443. The fourth-order valence-electron chi connectivity index (χ4n) is 1.01. The molecule has 0 aliphatic rings. The second-order valence-electron chi connectivity index (χ2n) is 3.52. The lowest BCUT2D eigenvalue weighted by Gasteiger charge is -2.13. The Kier molecular flexibility index (Phi) is 3.23. The van der Waals surface area contributed by atoms with Crippen LogP contribution in [0.4, 0.5) is 0 Å². The van der Waals surface area contributed by atoms with E-state index in [1.807, 2.05) is 0 Å². The molecule has 0 aliphatic carbocycles. The molecule has 0 spiro atoms. The first-order valence-corrected chi connectivity index (χ1v) is 4.51. The van der Waals surface area contributed by atoms with E-state index in [2.05, 4.69) is 30.7 Å². The highest BCUT2D eigenvalue weighted by molar-refractivity contribution is 5.10. The highest BCUT2D eigenvalue weighted by Crippen LogP contribution is 2.21. The first-order valence-electron chi connectivity index (χ1n) is 4.51. The maximum atomic E-state index is 4.94. The molecule has 0 saturated heterocycles. The summed E-state index contributed by atoms with van der Waals surface area (Å²) in [5.41, 5.74) is 1.02. The van der Waals surface area contributed by atoms with Gasteiger partial charge in [-0.25, -0.2) is 4.98 Å². The standard InChI is InChI=1S/C10H16N2O/c1-7(2)8(3)9-5-12-10(13-4)6-11-9/h5-8H,1-4H3. The average Bonchev–Trinajstić information content (AvgIpc) is 2.17. The van der Waals surface area contributed by atoms with Crippen LogP contribution >= 0.6 is 0 Å². The topological polar surface area (TPSA) is 35.0 Å². The SMILES string of the molecule is COc1cnc(C(C)C(C)C)cn1. The molecule has 0 bridgehead atoms. The van der Waals surface area contributed by atoms with Crippen LogP contribution < -0.4 is 4.74 Å². The van der Waals surface area contributed by atoms with E-state index in [-0.39, 0.29) is 0 Å². The number of ether oxygens (including phenoxy) is 1. The fourth-order valence-corrected chi connectivity index (χ4v) is 1.01. The summed E-state index contributed by atoms with van der Waals surface area (Å²) in [4.78, 5) is 8.40. The number of aromatic nitrogens is 2. The Balaban J connectivity index is 2.79. The van der Waals surface area contributed by atoms with Gasteiger partial charge >= 0.3 is 0 Å². The quantitative estimate of drug-likeness (QED) is 0.715. The van der Waals surface area contributed by atoms with Crippen LogP contribution in [0.15, 0.2) is 12.4 Å². The normalized spacial score (nSPS) is 13.0. The first-order chi connectivity index (χ1) is 6.15. The molecule has 1 aromatic heterocycles. The van der Waals surface area contributed by atoms with Gasteiger partial charge in [0.15, 0.2) is 0 Å². The molecule has 0 amide bonds. The summed E-state index contributed by atoms with van der Waals surface area (Å²) in [6, 6.07) is 0. The number of rotatable bonds is 3.